The van der Waals surface area contributed by atoms with Gasteiger partial charge < -0.3 is 10.2 Å². The molecule has 0 bridgehead atoms. The lowest BCUT2D eigenvalue weighted by atomic mass is 10.0. The molecule has 2 rings (SSSR count). The normalized spacial score (nSPS) is 18.5. The van der Waals surface area contributed by atoms with Crippen LogP contribution in [-0.2, 0) is 6.18 Å². The third kappa shape index (κ3) is 3.43. The van der Waals surface area contributed by atoms with Crippen LogP contribution >= 0.6 is 12.4 Å². The molecule has 1 aliphatic rings. The molecule has 1 heterocycles. The Bertz CT molecular complexity index is 473. The van der Waals surface area contributed by atoms with Crippen LogP contribution in [0.4, 0.5) is 13.2 Å². The SMILES string of the molecule is CN(C(=O)c1ccccc1C(F)(F)F)C1CCNC1.Cl. The van der Waals surface area contributed by atoms with Gasteiger partial charge in [-0.15, -0.1) is 12.4 Å². The minimum Gasteiger partial charge on any atom is -0.337 e. The van der Waals surface area contributed by atoms with Crippen molar-refractivity contribution in [2.75, 3.05) is 20.1 Å². The Morgan fingerprint density at radius 2 is 2.00 bits per heavy atom. The minimum atomic E-state index is -4.51. The molecule has 20 heavy (non-hydrogen) atoms. The number of amides is 1. The number of rotatable bonds is 2. The molecule has 1 aliphatic heterocycles. The standard InChI is InChI=1S/C13H15F3N2O.ClH/c1-18(9-6-7-17-8-9)12(19)10-4-2-3-5-11(10)13(14,15)16;/h2-5,9,17H,6-8H2,1H3;1H. The zero-order valence-electron chi connectivity index (χ0n) is 10.9. The number of alkyl halides is 3. The third-order valence-corrected chi connectivity index (χ3v) is 3.37. The van der Waals surface area contributed by atoms with Crippen molar-refractivity contribution in [3.8, 4) is 0 Å². The first-order valence-electron chi connectivity index (χ1n) is 6.05. The number of carbonyl (C=O) groups excluding carboxylic acids is 1. The fourth-order valence-electron chi connectivity index (χ4n) is 2.24. The van der Waals surface area contributed by atoms with Crippen molar-refractivity contribution >= 4 is 18.3 Å². The first-order chi connectivity index (χ1) is 8.91. The van der Waals surface area contributed by atoms with Gasteiger partial charge in [0.25, 0.3) is 5.91 Å². The largest absolute Gasteiger partial charge is 0.417 e. The van der Waals surface area contributed by atoms with Crippen LogP contribution in [0, 0.1) is 0 Å². The summed E-state index contributed by atoms with van der Waals surface area (Å²) in [6.07, 6.45) is -3.75. The van der Waals surface area contributed by atoms with Gasteiger partial charge in [-0.05, 0) is 25.1 Å². The van der Waals surface area contributed by atoms with Crippen LogP contribution in [-0.4, -0.2) is 37.0 Å². The second kappa shape index (κ2) is 6.45. The highest BCUT2D eigenvalue weighted by Gasteiger charge is 2.36. The Kier molecular flexibility index (Phi) is 5.42. The quantitative estimate of drug-likeness (QED) is 0.911. The van der Waals surface area contributed by atoms with Gasteiger partial charge >= 0.3 is 6.18 Å². The molecule has 0 aromatic heterocycles. The Morgan fingerprint density at radius 3 is 2.55 bits per heavy atom. The number of hydrogen-bond acceptors (Lipinski definition) is 2. The lowest BCUT2D eigenvalue weighted by molar-refractivity contribution is -0.138. The maximum Gasteiger partial charge on any atom is 0.417 e. The van der Waals surface area contributed by atoms with E-state index < -0.39 is 17.6 Å². The van der Waals surface area contributed by atoms with Crippen molar-refractivity contribution in [1.82, 2.24) is 10.2 Å². The predicted molar refractivity (Wildman–Crippen MR) is 72.1 cm³/mol. The molecule has 1 amide bonds. The second-order valence-corrected chi connectivity index (χ2v) is 4.61. The van der Waals surface area contributed by atoms with Crippen LogP contribution in [0.25, 0.3) is 0 Å². The van der Waals surface area contributed by atoms with Crippen molar-refractivity contribution in [1.29, 1.82) is 0 Å². The van der Waals surface area contributed by atoms with E-state index in [1.807, 2.05) is 0 Å². The number of halogens is 4. The lowest BCUT2D eigenvalue weighted by Crippen LogP contribution is -2.39. The molecule has 1 N–H and O–H groups in total. The van der Waals surface area contributed by atoms with Gasteiger partial charge in [0.15, 0.2) is 0 Å². The van der Waals surface area contributed by atoms with Gasteiger partial charge in [0.05, 0.1) is 11.1 Å². The molecular weight excluding hydrogens is 293 g/mol. The summed E-state index contributed by atoms with van der Waals surface area (Å²) in [5.41, 5.74) is -1.16. The second-order valence-electron chi connectivity index (χ2n) is 4.61. The number of likely N-dealkylation sites (N-methyl/N-ethyl adjacent to an activating group) is 1. The minimum absolute atomic E-state index is 0. The number of benzene rings is 1. The van der Waals surface area contributed by atoms with Gasteiger partial charge in [-0.25, -0.2) is 0 Å². The van der Waals surface area contributed by atoms with E-state index >= 15 is 0 Å². The summed E-state index contributed by atoms with van der Waals surface area (Å²) < 4.78 is 38.6. The summed E-state index contributed by atoms with van der Waals surface area (Å²) in [6, 6.07) is 4.85. The molecule has 1 aromatic rings. The molecule has 112 valence electrons. The smallest absolute Gasteiger partial charge is 0.337 e. The van der Waals surface area contributed by atoms with E-state index in [0.29, 0.717) is 6.54 Å². The van der Waals surface area contributed by atoms with E-state index in [2.05, 4.69) is 5.32 Å². The summed E-state index contributed by atoms with van der Waals surface area (Å²) in [5.74, 6) is -0.582. The van der Waals surface area contributed by atoms with Crippen molar-refractivity contribution in [2.45, 2.75) is 18.6 Å². The van der Waals surface area contributed by atoms with E-state index in [1.165, 1.54) is 23.1 Å². The third-order valence-electron chi connectivity index (χ3n) is 3.37. The molecule has 7 heteroatoms. The highest BCUT2D eigenvalue weighted by molar-refractivity contribution is 5.96. The maximum absolute atomic E-state index is 12.9. The van der Waals surface area contributed by atoms with Crippen LogP contribution in [0.1, 0.15) is 22.3 Å². The van der Waals surface area contributed by atoms with Crippen molar-refractivity contribution in [3.63, 3.8) is 0 Å². The molecule has 1 saturated heterocycles. The first-order valence-corrected chi connectivity index (χ1v) is 6.05. The van der Waals surface area contributed by atoms with Gasteiger partial charge in [-0.3, -0.25) is 4.79 Å². The summed E-state index contributed by atoms with van der Waals surface area (Å²) in [6.45, 7) is 1.40. The average Bonchev–Trinajstić information content (AvgIpc) is 2.90. The predicted octanol–water partition coefficient (Wildman–Crippen LogP) is 2.56. The molecule has 1 aromatic carbocycles. The molecule has 0 spiro atoms. The average molecular weight is 309 g/mol. The number of hydrogen-bond donors (Lipinski definition) is 1. The van der Waals surface area contributed by atoms with Crippen LogP contribution in [0.5, 0.6) is 0 Å². The molecule has 1 unspecified atom stereocenters. The van der Waals surface area contributed by atoms with Crippen molar-refractivity contribution in [3.05, 3.63) is 35.4 Å². The van der Waals surface area contributed by atoms with Gasteiger partial charge in [0, 0.05) is 19.6 Å². The van der Waals surface area contributed by atoms with E-state index in [0.717, 1.165) is 19.0 Å². The van der Waals surface area contributed by atoms with Crippen LogP contribution in [0.3, 0.4) is 0 Å². The zero-order valence-corrected chi connectivity index (χ0v) is 11.7. The first kappa shape index (κ1) is 16.8. The molecular formula is C13H16ClF3N2O. The molecule has 0 saturated carbocycles. The Hall–Kier alpha value is -1.27. The fourth-order valence-corrected chi connectivity index (χ4v) is 2.24. The van der Waals surface area contributed by atoms with Gasteiger partial charge in [-0.1, -0.05) is 12.1 Å². The van der Waals surface area contributed by atoms with Gasteiger partial charge in [0.1, 0.15) is 0 Å². The highest BCUT2D eigenvalue weighted by Crippen LogP contribution is 2.32. The maximum atomic E-state index is 12.9. The molecule has 1 fully saturated rings. The number of nitrogens with one attached hydrogen (secondary N) is 1. The lowest BCUT2D eigenvalue weighted by Gasteiger charge is -2.25. The van der Waals surface area contributed by atoms with E-state index in [1.54, 1.807) is 7.05 Å². The topological polar surface area (TPSA) is 32.3 Å². The Balaban J connectivity index is 0.00000200. The van der Waals surface area contributed by atoms with Crippen LogP contribution in [0.2, 0.25) is 0 Å². The molecule has 0 aliphatic carbocycles. The van der Waals surface area contributed by atoms with Gasteiger partial charge in [0.2, 0.25) is 0 Å². The summed E-state index contributed by atoms with van der Waals surface area (Å²) in [4.78, 5) is 13.6. The number of nitrogens with zero attached hydrogens (tertiary/aromatic N) is 1. The number of carbonyl (C=O) groups is 1. The highest BCUT2D eigenvalue weighted by atomic mass is 35.5. The van der Waals surface area contributed by atoms with Crippen LogP contribution < -0.4 is 5.32 Å². The molecule has 1 atom stereocenters. The van der Waals surface area contributed by atoms with E-state index in [-0.39, 0.29) is 24.0 Å². The van der Waals surface area contributed by atoms with E-state index in [4.69, 9.17) is 0 Å². The monoisotopic (exact) mass is 308 g/mol. The summed E-state index contributed by atoms with van der Waals surface area (Å²) >= 11 is 0. The van der Waals surface area contributed by atoms with Gasteiger partial charge in [-0.2, -0.15) is 13.2 Å². The Labute approximate surface area is 121 Å². The molecule has 0 radical (unpaired) electrons. The van der Waals surface area contributed by atoms with Crippen molar-refractivity contribution in [2.24, 2.45) is 0 Å². The van der Waals surface area contributed by atoms with Crippen molar-refractivity contribution < 1.29 is 18.0 Å². The molecule has 3 nitrogen and oxygen atoms in total. The Morgan fingerprint density at radius 1 is 1.35 bits per heavy atom. The summed E-state index contributed by atoms with van der Waals surface area (Å²) in [7, 11) is 1.55. The van der Waals surface area contributed by atoms with E-state index in [9.17, 15) is 18.0 Å². The van der Waals surface area contributed by atoms with Crippen LogP contribution in [0.15, 0.2) is 24.3 Å². The summed E-state index contributed by atoms with van der Waals surface area (Å²) in [5, 5.41) is 3.09. The fraction of sp³-hybridized carbons (Fsp3) is 0.462. The zero-order chi connectivity index (χ0) is 14.0.